The Balaban J connectivity index is 1.70. The fourth-order valence-corrected chi connectivity index (χ4v) is 3.46. The van der Waals surface area contributed by atoms with E-state index >= 15 is 0 Å². The first-order chi connectivity index (χ1) is 13.5. The molecule has 2 amide bonds. The maximum atomic E-state index is 12.9. The van der Waals surface area contributed by atoms with Crippen LogP contribution in [0.3, 0.4) is 0 Å². The highest BCUT2D eigenvalue weighted by Gasteiger charge is 2.23. The first kappa shape index (κ1) is 19.9. The van der Waals surface area contributed by atoms with Gasteiger partial charge in [0.05, 0.1) is 11.3 Å². The molecule has 2 aromatic carbocycles. The molecule has 5 heteroatoms. The molecule has 1 fully saturated rings. The number of para-hydroxylation sites is 1. The molecule has 3 rings (SSSR count). The molecule has 0 bridgehead atoms. The third kappa shape index (κ3) is 4.71. The summed E-state index contributed by atoms with van der Waals surface area (Å²) in [6, 6.07) is 13.0. The molecular formula is C23H28N2O3. The summed E-state index contributed by atoms with van der Waals surface area (Å²) in [6.07, 6.45) is 2.54. The second-order valence-corrected chi connectivity index (χ2v) is 7.42. The van der Waals surface area contributed by atoms with E-state index in [9.17, 15) is 9.59 Å². The predicted octanol–water partition coefficient (Wildman–Crippen LogP) is 4.34. The number of rotatable bonds is 5. The van der Waals surface area contributed by atoms with E-state index in [-0.39, 0.29) is 11.8 Å². The van der Waals surface area contributed by atoms with Gasteiger partial charge < -0.3 is 15.0 Å². The first-order valence-corrected chi connectivity index (χ1v) is 9.89. The van der Waals surface area contributed by atoms with E-state index in [0.29, 0.717) is 17.0 Å². The number of anilines is 1. The number of carbonyl (C=O) groups is 2. The predicted molar refractivity (Wildman–Crippen MR) is 111 cm³/mol. The second-order valence-electron chi connectivity index (χ2n) is 7.42. The van der Waals surface area contributed by atoms with Crippen molar-refractivity contribution in [3.63, 3.8) is 0 Å². The Hall–Kier alpha value is -2.82. The van der Waals surface area contributed by atoms with Crippen LogP contribution in [-0.2, 0) is 4.79 Å². The van der Waals surface area contributed by atoms with Gasteiger partial charge in [-0.05, 0) is 63.8 Å². The molecule has 0 aromatic heterocycles. The summed E-state index contributed by atoms with van der Waals surface area (Å²) in [5.74, 6) is 0.378. The number of amides is 2. The fraction of sp³-hybridized carbons (Fsp3) is 0.391. The smallest absolute Gasteiger partial charge is 0.265 e. The molecule has 0 saturated carbocycles. The lowest BCUT2D eigenvalue weighted by Gasteiger charge is -2.27. The van der Waals surface area contributed by atoms with Crippen LogP contribution in [0.15, 0.2) is 42.5 Å². The average molecular weight is 380 g/mol. The van der Waals surface area contributed by atoms with Crippen LogP contribution in [0.5, 0.6) is 5.75 Å². The fourth-order valence-electron chi connectivity index (χ4n) is 3.46. The van der Waals surface area contributed by atoms with Crippen LogP contribution < -0.4 is 10.1 Å². The van der Waals surface area contributed by atoms with Crippen LogP contribution in [0.25, 0.3) is 0 Å². The van der Waals surface area contributed by atoms with Crippen LogP contribution in [0, 0.1) is 13.8 Å². The van der Waals surface area contributed by atoms with Crippen LogP contribution in [0.2, 0.25) is 0 Å². The topological polar surface area (TPSA) is 58.6 Å². The molecule has 0 spiro atoms. The lowest BCUT2D eigenvalue weighted by atomic mass is 10.1. The molecule has 1 saturated heterocycles. The Labute approximate surface area is 166 Å². The molecular weight excluding hydrogens is 352 g/mol. The summed E-state index contributed by atoms with van der Waals surface area (Å²) >= 11 is 0. The van der Waals surface area contributed by atoms with Gasteiger partial charge in [0.25, 0.3) is 11.8 Å². The number of piperidine rings is 1. The Morgan fingerprint density at radius 2 is 1.75 bits per heavy atom. The summed E-state index contributed by atoms with van der Waals surface area (Å²) in [6.45, 7) is 7.23. The molecule has 1 aliphatic heterocycles. The van der Waals surface area contributed by atoms with Gasteiger partial charge in [-0.2, -0.15) is 0 Å². The highest BCUT2D eigenvalue weighted by Crippen LogP contribution is 2.22. The van der Waals surface area contributed by atoms with Gasteiger partial charge in [-0.25, -0.2) is 0 Å². The Morgan fingerprint density at radius 1 is 1.04 bits per heavy atom. The molecule has 2 aromatic rings. The van der Waals surface area contributed by atoms with Crippen LogP contribution in [-0.4, -0.2) is 35.9 Å². The largest absolute Gasteiger partial charge is 0.481 e. The lowest BCUT2D eigenvalue weighted by molar-refractivity contribution is -0.122. The molecule has 0 radical (unpaired) electrons. The maximum absolute atomic E-state index is 12.9. The van der Waals surface area contributed by atoms with E-state index in [1.165, 1.54) is 0 Å². The Morgan fingerprint density at radius 3 is 2.46 bits per heavy atom. The quantitative estimate of drug-likeness (QED) is 0.840. The third-order valence-electron chi connectivity index (χ3n) is 5.06. The highest BCUT2D eigenvalue weighted by molar-refractivity contribution is 6.04. The molecule has 28 heavy (non-hydrogen) atoms. The van der Waals surface area contributed by atoms with E-state index in [1.807, 2.05) is 49.1 Å². The number of benzene rings is 2. The molecule has 5 nitrogen and oxygen atoms in total. The zero-order chi connectivity index (χ0) is 20.1. The third-order valence-corrected chi connectivity index (χ3v) is 5.06. The molecule has 148 valence electrons. The average Bonchev–Trinajstić information content (AvgIpc) is 2.70. The summed E-state index contributed by atoms with van der Waals surface area (Å²) in [5.41, 5.74) is 3.18. The van der Waals surface area contributed by atoms with Gasteiger partial charge in [0.2, 0.25) is 0 Å². The van der Waals surface area contributed by atoms with Gasteiger partial charge >= 0.3 is 0 Å². The van der Waals surface area contributed by atoms with E-state index in [2.05, 4.69) is 5.32 Å². The first-order valence-electron chi connectivity index (χ1n) is 9.89. The second kappa shape index (κ2) is 8.91. The molecule has 0 aliphatic carbocycles. The minimum absolute atomic E-state index is 0.0291. The molecule has 1 heterocycles. The number of aryl methyl sites for hydroxylation is 2. The van der Waals surface area contributed by atoms with Gasteiger partial charge in [0, 0.05) is 13.1 Å². The minimum atomic E-state index is -0.681. The van der Waals surface area contributed by atoms with Gasteiger partial charge in [-0.3, -0.25) is 9.59 Å². The zero-order valence-corrected chi connectivity index (χ0v) is 16.8. The maximum Gasteiger partial charge on any atom is 0.265 e. The van der Waals surface area contributed by atoms with Crippen molar-refractivity contribution in [3.8, 4) is 5.75 Å². The number of hydrogen-bond acceptors (Lipinski definition) is 3. The Bertz CT molecular complexity index is 857. The molecule has 0 unspecified atom stereocenters. The van der Waals surface area contributed by atoms with E-state index in [1.54, 1.807) is 19.1 Å². The number of nitrogens with one attached hydrogen (secondary N) is 1. The highest BCUT2D eigenvalue weighted by atomic mass is 16.5. The standard InChI is InChI=1S/C23H28N2O3/c1-16-11-12-21(17(2)15-16)28-18(3)22(26)24-20-10-6-5-9-19(20)23(27)25-13-7-4-8-14-25/h5-6,9-12,15,18H,4,7-8,13-14H2,1-3H3,(H,24,26)/t18-/m0/s1. The van der Waals surface area contributed by atoms with Crippen molar-refractivity contribution in [1.82, 2.24) is 4.90 Å². The normalized spacial score (nSPS) is 15.0. The number of likely N-dealkylation sites (tertiary alicyclic amines) is 1. The van der Waals surface area contributed by atoms with Gasteiger partial charge in [0.1, 0.15) is 5.75 Å². The van der Waals surface area contributed by atoms with Gasteiger partial charge in [-0.1, -0.05) is 29.8 Å². The zero-order valence-electron chi connectivity index (χ0n) is 16.8. The van der Waals surface area contributed by atoms with Gasteiger partial charge in [-0.15, -0.1) is 0 Å². The summed E-state index contributed by atoms with van der Waals surface area (Å²) in [5, 5.41) is 2.87. The van der Waals surface area contributed by atoms with E-state index < -0.39 is 6.10 Å². The number of nitrogens with zero attached hydrogens (tertiary/aromatic N) is 1. The Kier molecular flexibility index (Phi) is 6.34. The molecule has 1 atom stereocenters. The van der Waals surface area contributed by atoms with Crippen molar-refractivity contribution < 1.29 is 14.3 Å². The van der Waals surface area contributed by atoms with Crippen LogP contribution >= 0.6 is 0 Å². The SMILES string of the molecule is Cc1ccc(O[C@@H](C)C(=O)Nc2ccccc2C(=O)N2CCCCC2)c(C)c1. The molecule has 1 aliphatic rings. The van der Waals surface area contributed by atoms with Crippen molar-refractivity contribution in [2.45, 2.75) is 46.1 Å². The van der Waals surface area contributed by atoms with Crippen LogP contribution in [0.1, 0.15) is 47.7 Å². The lowest BCUT2D eigenvalue weighted by Crippen LogP contribution is -2.36. The molecule has 1 N–H and O–H groups in total. The minimum Gasteiger partial charge on any atom is -0.481 e. The summed E-state index contributed by atoms with van der Waals surface area (Å²) < 4.78 is 5.84. The summed E-state index contributed by atoms with van der Waals surface area (Å²) in [4.78, 5) is 27.4. The van der Waals surface area contributed by atoms with E-state index in [0.717, 1.165) is 43.5 Å². The van der Waals surface area contributed by atoms with Crippen molar-refractivity contribution >= 4 is 17.5 Å². The van der Waals surface area contributed by atoms with Gasteiger partial charge in [0.15, 0.2) is 6.10 Å². The number of ether oxygens (including phenoxy) is 1. The van der Waals surface area contributed by atoms with Crippen molar-refractivity contribution in [2.75, 3.05) is 18.4 Å². The van der Waals surface area contributed by atoms with Crippen molar-refractivity contribution in [2.24, 2.45) is 0 Å². The van der Waals surface area contributed by atoms with Crippen molar-refractivity contribution in [3.05, 3.63) is 59.2 Å². The number of hydrogen-bond donors (Lipinski definition) is 1. The van der Waals surface area contributed by atoms with E-state index in [4.69, 9.17) is 4.74 Å². The van der Waals surface area contributed by atoms with Crippen molar-refractivity contribution in [1.29, 1.82) is 0 Å². The van der Waals surface area contributed by atoms with Crippen LogP contribution in [0.4, 0.5) is 5.69 Å². The summed E-state index contributed by atoms with van der Waals surface area (Å²) in [7, 11) is 0. The number of carbonyl (C=O) groups excluding carboxylic acids is 2. The monoisotopic (exact) mass is 380 g/mol.